The fourth-order valence-electron chi connectivity index (χ4n) is 4.26. The van der Waals surface area contributed by atoms with Gasteiger partial charge in [0.15, 0.2) is 0 Å². The van der Waals surface area contributed by atoms with Crippen molar-refractivity contribution in [3.8, 4) is 5.75 Å². The smallest absolute Gasteiger partial charge is 0.308 e. The van der Waals surface area contributed by atoms with Crippen molar-refractivity contribution in [1.29, 1.82) is 0 Å². The number of imide groups is 1. The number of carbonyl (C=O) groups excluding carboxylic acids is 3. The lowest BCUT2D eigenvalue weighted by molar-refractivity contribution is -0.132. The number of hydrogen-bond acceptors (Lipinski definition) is 6. The fraction of sp³-hybridized carbons (Fsp3) is 0.269. The van der Waals surface area contributed by atoms with Gasteiger partial charge in [-0.2, -0.15) is 4.31 Å². The Morgan fingerprint density at radius 3 is 2.34 bits per heavy atom. The van der Waals surface area contributed by atoms with Gasteiger partial charge in [0.25, 0.3) is 5.91 Å². The van der Waals surface area contributed by atoms with Gasteiger partial charge in [-0.25, -0.2) is 13.3 Å². The topological polar surface area (TPSA) is 101 Å². The van der Waals surface area contributed by atoms with Gasteiger partial charge >= 0.3 is 5.97 Å². The Kier molecular flexibility index (Phi) is 6.73. The van der Waals surface area contributed by atoms with E-state index in [2.05, 4.69) is 0 Å². The number of fused-ring (bicyclic) bond motifs is 1. The molecule has 0 N–H and O–H groups in total. The van der Waals surface area contributed by atoms with Crippen molar-refractivity contribution in [3.05, 3.63) is 66.7 Å². The van der Waals surface area contributed by atoms with Gasteiger partial charge in [0.05, 0.1) is 17.0 Å². The number of ether oxygens (including phenoxy) is 1. The van der Waals surface area contributed by atoms with Crippen LogP contribution in [0.25, 0.3) is 10.8 Å². The second-order valence-corrected chi connectivity index (χ2v) is 10.3. The van der Waals surface area contributed by atoms with E-state index in [4.69, 9.17) is 4.74 Å². The number of sulfonamides is 1. The van der Waals surface area contributed by atoms with Gasteiger partial charge in [-0.05, 0) is 60.5 Å². The van der Waals surface area contributed by atoms with E-state index in [0.29, 0.717) is 6.42 Å². The molecule has 1 heterocycles. The summed E-state index contributed by atoms with van der Waals surface area (Å²) in [5, 5.41) is 1.66. The Bertz CT molecular complexity index is 1400. The summed E-state index contributed by atoms with van der Waals surface area (Å²) < 4.78 is 33.8. The quantitative estimate of drug-likeness (QED) is 0.281. The molecule has 1 aliphatic heterocycles. The summed E-state index contributed by atoms with van der Waals surface area (Å²) in [6, 6.07) is 16.5. The third kappa shape index (κ3) is 4.69. The lowest BCUT2D eigenvalue weighted by Crippen LogP contribution is -2.49. The summed E-state index contributed by atoms with van der Waals surface area (Å²) in [5.41, 5.74) is 0.283. The molecular formula is C26H26N2O6S. The number of hydrogen-bond donors (Lipinski definition) is 0. The van der Waals surface area contributed by atoms with Crippen molar-refractivity contribution in [2.24, 2.45) is 0 Å². The first-order valence-corrected chi connectivity index (χ1v) is 12.7. The molecule has 1 fully saturated rings. The highest BCUT2D eigenvalue weighted by Crippen LogP contribution is 2.33. The van der Waals surface area contributed by atoms with Gasteiger partial charge in [0, 0.05) is 13.0 Å². The number of carbonyl (C=O) groups is 3. The van der Waals surface area contributed by atoms with E-state index < -0.39 is 39.9 Å². The molecule has 35 heavy (non-hydrogen) atoms. The van der Waals surface area contributed by atoms with Crippen LogP contribution in [0.5, 0.6) is 5.75 Å². The summed E-state index contributed by atoms with van der Waals surface area (Å²) in [4.78, 5) is 38.6. The highest BCUT2D eigenvalue weighted by atomic mass is 32.2. The fourth-order valence-corrected chi connectivity index (χ4v) is 6.14. The van der Waals surface area contributed by atoms with Gasteiger partial charge < -0.3 is 4.74 Å². The molecular weight excluding hydrogens is 468 g/mol. The van der Waals surface area contributed by atoms with E-state index >= 15 is 0 Å². The Balaban J connectivity index is 1.69. The first kappa shape index (κ1) is 24.6. The molecule has 2 unspecified atom stereocenters. The van der Waals surface area contributed by atoms with Crippen molar-refractivity contribution in [1.82, 2.24) is 4.31 Å². The average molecular weight is 495 g/mol. The lowest BCUT2D eigenvalue weighted by atomic mass is 10.1. The lowest BCUT2D eigenvalue weighted by Gasteiger charge is -2.31. The number of esters is 1. The van der Waals surface area contributed by atoms with E-state index in [9.17, 15) is 22.8 Å². The second-order valence-electron chi connectivity index (χ2n) is 8.48. The highest BCUT2D eigenvalue weighted by Gasteiger charge is 2.48. The van der Waals surface area contributed by atoms with Crippen molar-refractivity contribution in [2.75, 3.05) is 4.90 Å². The van der Waals surface area contributed by atoms with E-state index in [1.807, 2.05) is 31.2 Å². The summed E-state index contributed by atoms with van der Waals surface area (Å²) in [5.74, 6) is -1.33. The van der Waals surface area contributed by atoms with Crippen LogP contribution in [-0.2, 0) is 24.4 Å². The molecule has 182 valence electrons. The Morgan fingerprint density at radius 2 is 1.71 bits per heavy atom. The number of anilines is 1. The van der Waals surface area contributed by atoms with E-state index in [1.165, 1.54) is 41.6 Å². The normalized spacial score (nSPS) is 17.3. The summed E-state index contributed by atoms with van der Waals surface area (Å²) in [6.07, 6.45) is 0.198. The van der Waals surface area contributed by atoms with Gasteiger partial charge in [-0.1, -0.05) is 37.3 Å². The first-order valence-electron chi connectivity index (χ1n) is 11.3. The Hall–Kier alpha value is -3.56. The van der Waals surface area contributed by atoms with Crippen LogP contribution >= 0.6 is 0 Å². The molecule has 4 rings (SSSR count). The summed E-state index contributed by atoms with van der Waals surface area (Å²) >= 11 is 0. The average Bonchev–Trinajstić information content (AvgIpc) is 3.12. The molecule has 0 saturated carbocycles. The third-order valence-electron chi connectivity index (χ3n) is 6.11. The van der Waals surface area contributed by atoms with Gasteiger partial charge in [-0.15, -0.1) is 0 Å². The molecule has 8 nitrogen and oxygen atoms in total. The molecule has 3 aromatic rings. The van der Waals surface area contributed by atoms with Crippen LogP contribution in [0.2, 0.25) is 0 Å². The maximum atomic E-state index is 13.8. The molecule has 2 amide bonds. The predicted molar refractivity (Wildman–Crippen MR) is 131 cm³/mol. The molecule has 0 spiro atoms. The van der Waals surface area contributed by atoms with Crippen molar-refractivity contribution in [2.45, 2.75) is 50.6 Å². The largest absolute Gasteiger partial charge is 0.427 e. The molecule has 1 aliphatic rings. The monoisotopic (exact) mass is 494 g/mol. The van der Waals surface area contributed by atoms with Crippen LogP contribution < -0.4 is 9.64 Å². The van der Waals surface area contributed by atoms with Crippen molar-refractivity contribution in [3.63, 3.8) is 0 Å². The van der Waals surface area contributed by atoms with Crippen LogP contribution in [0.15, 0.2) is 71.6 Å². The van der Waals surface area contributed by atoms with Crippen LogP contribution in [0.1, 0.15) is 33.6 Å². The van der Waals surface area contributed by atoms with Gasteiger partial charge in [0.1, 0.15) is 11.8 Å². The third-order valence-corrected chi connectivity index (χ3v) is 8.13. The predicted octanol–water partition coefficient (Wildman–Crippen LogP) is 3.89. The molecule has 2 atom stereocenters. The molecule has 9 heteroatoms. The molecule has 1 saturated heterocycles. The first-order chi connectivity index (χ1) is 16.6. The van der Waals surface area contributed by atoms with Crippen molar-refractivity contribution >= 4 is 44.3 Å². The molecule has 3 aromatic carbocycles. The molecule has 0 radical (unpaired) electrons. The zero-order valence-corrected chi connectivity index (χ0v) is 20.5. The number of nitrogens with zero attached hydrogens (tertiary/aromatic N) is 2. The van der Waals surface area contributed by atoms with Gasteiger partial charge in [-0.3, -0.25) is 14.4 Å². The minimum absolute atomic E-state index is 0.0703. The zero-order valence-electron chi connectivity index (χ0n) is 19.7. The Labute approximate surface area is 204 Å². The minimum atomic E-state index is -4.09. The van der Waals surface area contributed by atoms with Crippen LogP contribution in [0, 0.1) is 0 Å². The van der Waals surface area contributed by atoms with Crippen molar-refractivity contribution < 1.29 is 27.5 Å². The van der Waals surface area contributed by atoms with Crippen LogP contribution in [0.4, 0.5) is 5.69 Å². The highest BCUT2D eigenvalue weighted by molar-refractivity contribution is 7.89. The molecule has 0 aliphatic carbocycles. The van der Waals surface area contributed by atoms with Crippen LogP contribution in [-0.4, -0.2) is 42.6 Å². The van der Waals surface area contributed by atoms with E-state index in [1.54, 1.807) is 19.1 Å². The number of benzene rings is 3. The molecule has 0 bridgehead atoms. The number of amides is 2. The van der Waals surface area contributed by atoms with Gasteiger partial charge in [0.2, 0.25) is 15.9 Å². The van der Waals surface area contributed by atoms with E-state index in [0.717, 1.165) is 15.7 Å². The zero-order chi connectivity index (χ0) is 25.3. The minimum Gasteiger partial charge on any atom is -0.427 e. The number of rotatable bonds is 7. The SMILES string of the molecule is CCC(C)N(C1CC(=O)N(c2ccc(OC(C)=O)cc2)C1=O)S(=O)(=O)c1ccc2ccccc2c1. The second kappa shape index (κ2) is 9.59. The molecule has 0 aromatic heterocycles. The maximum Gasteiger partial charge on any atom is 0.308 e. The summed E-state index contributed by atoms with van der Waals surface area (Å²) in [7, 11) is -4.09. The maximum absolute atomic E-state index is 13.8. The Morgan fingerprint density at radius 1 is 1.06 bits per heavy atom. The van der Waals surface area contributed by atoms with E-state index in [-0.39, 0.29) is 22.8 Å². The standard InChI is InChI=1S/C26H26N2O6S/c1-4-17(2)28(35(32,33)23-14-9-19-7-5-6-8-20(19)15-23)24-16-25(30)27(26(24)31)21-10-12-22(13-11-21)34-18(3)29/h5-15,17,24H,4,16H2,1-3H3. The summed E-state index contributed by atoms with van der Waals surface area (Å²) in [6.45, 7) is 4.83. The van der Waals surface area contributed by atoms with Crippen LogP contribution in [0.3, 0.4) is 0 Å².